The molecule has 0 aliphatic carbocycles. The maximum absolute atomic E-state index is 13.8. The van der Waals surface area contributed by atoms with Crippen LogP contribution in [0.15, 0.2) is 64.3 Å². The summed E-state index contributed by atoms with van der Waals surface area (Å²) in [5.41, 5.74) is 4.49. The van der Waals surface area contributed by atoms with Crippen molar-refractivity contribution in [3.05, 3.63) is 70.5 Å². The third-order valence-electron chi connectivity index (χ3n) is 8.35. The quantitative estimate of drug-likeness (QED) is 0.238. The van der Waals surface area contributed by atoms with E-state index in [2.05, 4.69) is 24.7 Å². The number of likely N-dealkylation sites (N-methyl/N-ethyl adjacent to an activating group) is 1. The minimum absolute atomic E-state index is 0.0291. The summed E-state index contributed by atoms with van der Waals surface area (Å²) in [5.74, 6) is 1.62. The Labute approximate surface area is 245 Å². The van der Waals surface area contributed by atoms with Crippen molar-refractivity contribution in [2.45, 2.75) is 65.5 Å². The average molecular weight is 563 g/mol. The lowest BCUT2D eigenvalue weighted by molar-refractivity contribution is -0.129. The van der Waals surface area contributed by atoms with Crippen LogP contribution in [0.4, 0.5) is 4.79 Å². The molecule has 0 aromatic heterocycles. The fourth-order valence-electron chi connectivity index (χ4n) is 6.19. The zero-order valence-corrected chi connectivity index (χ0v) is 26.0. The number of rotatable bonds is 6. The molecular weight excluding hydrogens is 516 g/mol. The van der Waals surface area contributed by atoms with E-state index in [9.17, 15) is 9.59 Å². The van der Waals surface area contributed by atoms with Gasteiger partial charge in [0.1, 0.15) is 11.5 Å². The molecule has 41 heavy (non-hydrogen) atoms. The van der Waals surface area contributed by atoms with Crippen molar-refractivity contribution in [2.24, 2.45) is 4.99 Å². The fraction of sp³-hybridized carbons (Fsp3) is 0.485. The van der Waals surface area contributed by atoms with E-state index in [-0.39, 0.29) is 17.9 Å². The van der Waals surface area contributed by atoms with Crippen LogP contribution in [0, 0.1) is 0 Å². The van der Waals surface area contributed by atoms with Crippen LogP contribution in [0.1, 0.15) is 64.5 Å². The normalized spacial score (nSPS) is 20.2. The third-order valence-corrected chi connectivity index (χ3v) is 8.35. The number of urea groups is 1. The van der Waals surface area contributed by atoms with Gasteiger partial charge in [-0.1, -0.05) is 37.3 Å². The maximum Gasteiger partial charge on any atom is 0.325 e. The first kappa shape index (κ1) is 31.7. The van der Waals surface area contributed by atoms with Gasteiger partial charge in [0, 0.05) is 55.5 Å². The van der Waals surface area contributed by atoms with Crippen molar-refractivity contribution in [2.75, 3.05) is 40.9 Å². The first-order chi connectivity index (χ1) is 19.6. The minimum atomic E-state index is -0.422. The number of fused-ring (bicyclic) bond motifs is 3. The van der Waals surface area contributed by atoms with Gasteiger partial charge in [0.15, 0.2) is 0 Å². The molecule has 4 rings (SSSR count). The number of piperidine rings is 1. The summed E-state index contributed by atoms with van der Waals surface area (Å²) in [6.45, 7) is 15.5. The number of benzene rings is 1. The molecule has 8 nitrogen and oxygen atoms in total. The lowest BCUT2D eigenvalue weighted by Gasteiger charge is -2.44. The van der Waals surface area contributed by atoms with Gasteiger partial charge in [0.05, 0.1) is 26.3 Å². The smallest absolute Gasteiger partial charge is 0.325 e. The lowest BCUT2D eigenvalue weighted by Crippen LogP contribution is -2.54. The van der Waals surface area contributed by atoms with E-state index in [1.165, 1.54) is 0 Å². The van der Waals surface area contributed by atoms with Gasteiger partial charge in [-0.3, -0.25) is 9.69 Å². The molecule has 0 N–H and O–H groups in total. The zero-order valence-electron chi connectivity index (χ0n) is 26.0. The molecule has 2 fully saturated rings. The highest BCUT2D eigenvalue weighted by Gasteiger charge is 2.55. The molecule has 0 radical (unpaired) electrons. The molecule has 8 heteroatoms. The van der Waals surface area contributed by atoms with E-state index in [0.717, 1.165) is 39.5 Å². The number of amides is 3. The largest absolute Gasteiger partial charge is 0.497 e. The first-order valence-electron chi connectivity index (χ1n) is 14.3. The van der Waals surface area contributed by atoms with Crippen molar-refractivity contribution < 1.29 is 19.1 Å². The van der Waals surface area contributed by atoms with Gasteiger partial charge >= 0.3 is 6.03 Å². The number of ether oxygens (including phenoxy) is 2. The molecule has 222 valence electrons. The lowest BCUT2D eigenvalue weighted by atomic mass is 9.82. The van der Waals surface area contributed by atoms with Crippen molar-refractivity contribution in [1.29, 1.82) is 0 Å². The van der Waals surface area contributed by atoms with Gasteiger partial charge in [-0.05, 0) is 64.5 Å². The van der Waals surface area contributed by atoms with Crippen molar-refractivity contribution in [3.63, 3.8) is 0 Å². The summed E-state index contributed by atoms with van der Waals surface area (Å²) in [4.78, 5) is 36.3. The van der Waals surface area contributed by atoms with Crippen molar-refractivity contribution >= 4 is 18.7 Å². The predicted molar refractivity (Wildman–Crippen MR) is 166 cm³/mol. The van der Waals surface area contributed by atoms with Crippen LogP contribution in [0.5, 0.6) is 11.5 Å². The summed E-state index contributed by atoms with van der Waals surface area (Å²) in [7, 11) is 4.96. The molecule has 1 spiro atoms. The van der Waals surface area contributed by atoms with Gasteiger partial charge < -0.3 is 24.3 Å². The number of methoxy groups -OCH3 is 2. The minimum Gasteiger partial charge on any atom is -0.497 e. The van der Waals surface area contributed by atoms with E-state index < -0.39 is 5.54 Å². The second-order valence-corrected chi connectivity index (χ2v) is 10.7. The van der Waals surface area contributed by atoms with Crippen LogP contribution < -0.4 is 9.47 Å². The highest BCUT2D eigenvalue weighted by molar-refractivity contribution is 5.94. The average Bonchev–Trinajstić information content (AvgIpc) is 3.07. The molecule has 0 bridgehead atoms. The van der Waals surface area contributed by atoms with Crippen LogP contribution in [0.3, 0.4) is 0 Å². The van der Waals surface area contributed by atoms with Gasteiger partial charge in [-0.2, -0.15) is 0 Å². The number of allylic oxidation sites excluding steroid dienone is 6. The van der Waals surface area contributed by atoms with Gasteiger partial charge in [-0.25, -0.2) is 4.79 Å². The van der Waals surface area contributed by atoms with Crippen LogP contribution in [-0.2, 0) is 11.3 Å². The summed E-state index contributed by atoms with van der Waals surface area (Å²) >= 11 is 0. The fourth-order valence-corrected chi connectivity index (χ4v) is 6.19. The molecule has 3 heterocycles. The molecule has 2 saturated heterocycles. The van der Waals surface area contributed by atoms with Crippen molar-refractivity contribution in [3.8, 4) is 11.5 Å². The van der Waals surface area contributed by atoms with Crippen LogP contribution in [0.25, 0.3) is 0 Å². The van der Waals surface area contributed by atoms with Gasteiger partial charge in [0.25, 0.3) is 0 Å². The molecule has 3 aliphatic rings. The van der Waals surface area contributed by atoms with E-state index in [1.54, 1.807) is 21.3 Å². The highest BCUT2D eigenvalue weighted by Crippen LogP contribution is 2.49. The third kappa shape index (κ3) is 6.11. The number of hydrogen-bond donors (Lipinski definition) is 0. The Kier molecular flexibility index (Phi) is 10.6. The zero-order chi connectivity index (χ0) is 30.3. The number of likely N-dealkylation sites (tertiary alicyclic amines) is 1. The molecule has 1 aromatic rings. The number of nitrogens with zero attached hydrogens (tertiary/aromatic N) is 4. The molecule has 3 amide bonds. The Morgan fingerprint density at radius 1 is 1.17 bits per heavy atom. The van der Waals surface area contributed by atoms with Crippen LogP contribution >= 0.6 is 0 Å². The first-order valence-corrected chi connectivity index (χ1v) is 14.3. The number of hydrogen-bond acceptors (Lipinski definition) is 5. The summed E-state index contributed by atoms with van der Waals surface area (Å²) in [5, 5.41) is 0. The predicted octanol–water partition coefficient (Wildman–Crippen LogP) is 6.11. The summed E-state index contributed by atoms with van der Waals surface area (Å²) in [6.07, 6.45) is 11.5. The number of aliphatic imine (C=N–C) groups is 1. The standard InChI is InChI=1S/C31H41N3O4.C2H5N/c1-8-10-11-12-21(3)23(5)29(35)32-15-13-31(14-16-32)27-17-22(4)28-24(18-25(37-6)19-26(28)38-7)20-33(27)30(36)34(31)9-2;1-3-2/h8,10-12,17-19,22H,9,13-16,20H2,1-7H3;1H2,2H3/b10-8-,12-11-,23-21-;/t22-;/m0./s1. The van der Waals surface area contributed by atoms with Crippen molar-refractivity contribution in [1.82, 2.24) is 14.7 Å². The molecule has 0 saturated carbocycles. The monoisotopic (exact) mass is 562 g/mol. The molecule has 1 atom stereocenters. The Hall–Kier alpha value is -3.81. The second kappa shape index (κ2) is 13.7. The summed E-state index contributed by atoms with van der Waals surface area (Å²) in [6, 6.07) is 3.96. The summed E-state index contributed by atoms with van der Waals surface area (Å²) < 4.78 is 11.3. The molecule has 3 aliphatic heterocycles. The van der Waals surface area contributed by atoms with E-state index in [0.29, 0.717) is 39.0 Å². The second-order valence-electron chi connectivity index (χ2n) is 10.7. The molecule has 0 unspecified atom stereocenters. The Balaban J connectivity index is 0.00000147. The van der Waals surface area contributed by atoms with E-state index >= 15 is 0 Å². The Morgan fingerprint density at radius 3 is 2.39 bits per heavy atom. The molecule has 1 aromatic carbocycles. The van der Waals surface area contributed by atoms with Gasteiger partial charge in [-0.15, -0.1) is 0 Å². The Morgan fingerprint density at radius 2 is 1.83 bits per heavy atom. The van der Waals surface area contributed by atoms with E-state index in [1.807, 2.05) is 78.8 Å². The van der Waals surface area contributed by atoms with Gasteiger partial charge in [0.2, 0.25) is 5.91 Å². The maximum atomic E-state index is 13.8. The van der Waals surface area contributed by atoms with Crippen LogP contribution in [-0.4, -0.2) is 79.8 Å². The highest BCUT2D eigenvalue weighted by atomic mass is 16.5. The molecular formula is C33H46N4O4. The SMILES string of the molecule is C=NC.C\C=C/C=C\C(C)=C(\C)C(=O)N1CCC2(CC1)C1=C[C@H](C)c3c(cc(OC)cc3OC)CN1C(=O)N2CC. The Bertz CT molecular complexity index is 1270. The van der Waals surface area contributed by atoms with E-state index in [4.69, 9.17) is 9.47 Å². The number of carbonyl (C=O) groups is 2. The number of carbonyl (C=O) groups excluding carboxylic acids is 2. The van der Waals surface area contributed by atoms with Crippen LogP contribution in [0.2, 0.25) is 0 Å². The topological polar surface area (TPSA) is 74.7 Å².